The summed E-state index contributed by atoms with van der Waals surface area (Å²) in [5.41, 5.74) is 1.95. The Morgan fingerprint density at radius 2 is 1.73 bits per heavy atom. The highest BCUT2D eigenvalue weighted by atomic mass is 35.5. The Kier molecular flexibility index (Phi) is 5.41. The van der Waals surface area contributed by atoms with Crippen LogP contribution in [0.1, 0.15) is 22.8 Å². The van der Waals surface area contributed by atoms with Crippen molar-refractivity contribution in [1.82, 2.24) is 5.32 Å². The molecule has 0 aliphatic rings. The van der Waals surface area contributed by atoms with Gasteiger partial charge >= 0.3 is 0 Å². The topological polar surface area (TPSA) is 58.2 Å². The number of amides is 2. The number of benzene rings is 2. The van der Waals surface area contributed by atoms with Gasteiger partial charge in [-0.1, -0.05) is 35.3 Å². The molecule has 0 aliphatic carbocycles. The van der Waals surface area contributed by atoms with Crippen molar-refractivity contribution in [2.45, 2.75) is 13.5 Å². The summed E-state index contributed by atoms with van der Waals surface area (Å²) >= 11 is 11.8. The maximum Gasteiger partial charge on any atom is 0.253 e. The van der Waals surface area contributed by atoms with Crippen molar-refractivity contribution in [3.8, 4) is 0 Å². The van der Waals surface area contributed by atoms with E-state index in [9.17, 15) is 9.59 Å². The van der Waals surface area contributed by atoms with Gasteiger partial charge in [0.25, 0.3) is 5.91 Å². The minimum absolute atomic E-state index is 0.128. The first-order valence-electron chi connectivity index (χ1n) is 6.55. The largest absolute Gasteiger partial charge is 0.348 e. The molecule has 2 rings (SSSR count). The lowest BCUT2D eigenvalue weighted by Crippen LogP contribution is -2.23. The minimum atomic E-state index is -0.293. The van der Waals surface area contributed by atoms with E-state index < -0.39 is 0 Å². The van der Waals surface area contributed by atoms with Crippen LogP contribution in [-0.4, -0.2) is 11.8 Å². The van der Waals surface area contributed by atoms with E-state index in [2.05, 4.69) is 10.6 Å². The van der Waals surface area contributed by atoms with Crippen molar-refractivity contribution in [3.05, 3.63) is 63.6 Å². The van der Waals surface area contributed by atoms with E-state index in [1.807, 2.05) is 12.1 Å². The van der Waals surface area contributed by atoms with E-state index in [1.54, 1.807) is 24.3 Å². The van der Waals surface area contributed by atoms with Crippen LogP contribution >= 0.6 is 23.2 Å². The summed E-state index contributed by atoms with van der Waals surface area (Å²) in [5.74, 6) is -0.421. The predicted molar refractivity (Wildman–Crippen MR) is 88.4 cm³/mol. The molecule has 0 aliphatic heterocycles. The Bertz CT molecular complexity index is 700. The Morgan fingerprint density at radius 1 is 1.05 bits per heavy atom. The van der Waals surface area contributed by atoms with Gasteiger partial charge in [-0.25, -0.2) is 0 Å². The average Bonchev–Trinajstić information content (AvgIpc) is 2.48. The zero-order valence-corrected chi connectivity index (χ0v) is 13.3. The van der Waals surface area contributed by atoms with Gasteiger partial charge in [0.1, 0.15) is 0 Å². The lowest BCUT2D eigenvalue weighted by molar-refractivity contribution is -0.114. The molecule has 0 saturated heterocycles. The van der Waals surface area contributed by atoms with Gasteiger partial charge in [0.15, 0.2) is 0 Å². The van der Waals surface area contributed by atoms with Crippen LogP contribution in [0.2, 0.25) is 10.0 Å². The molecule has 2 N–H and O–H groups in total. The number of anilines is 1. The SMILES string of the molecule is CC(=O)Nc1ccc(CNC(=O)c2cc(Cl)ccc2Cl)cc1. The number of carbonyl (C=O) groups is 2. The van der Waals surface area contributed by atoms with Crippen molar-refractivity contribution < 1.29 is 9.59 Å². The zero-order valence-electron chi connectivity index (χ0n) is 11.8. The van der Waals surface area contributed by atoms with Gasteiger partial charge in [0.2, 0.25) is 5.91 Å². The summed E-state index contributed by atoms with van der Waals surface area (Å²) in [6, 6.07) is 11.9. The van der Waals surface area contributed by atoms with Crippen LogP contribution in [-0.2, 0) is 11.3 Å². The van der Waals surface area contributed by atoms with E-state index in [-0.39, 0.29) is 11.8 Å². The van der Waals surface area contributed by atoms with Gasteiger partial charge < -0.3 is 10.6 Å². The summed E-state index contributed by atoms with van der Waals surface area (Å²) in [6.07, 6.45) is 0. The Hall–Kier alpha value is -2.04. The smallest absolute Gasteiger partial charge is 0.253 e. The molecule has 0 radical (unpaired) electrons. The molecular formula is C16H14Cl2N2O2. The van der Waals surface area contributed by atoms with Crippen molar-refractivity contribution in [3.63, 3.8) is 0 Å². The molecule has 0 fully saturated rings. The second-order valence-corrected chi connectivity index (χ2v) is 5.53. The second-order valence-electron chi connectivity index (χ2n) is 4.68. The molecule has 0 heterocycles. The average molecular weight is 337 g/mol. The maximum atomic E-state index is 12.1. The molecular weight excluding hydrogens is 323 g/mol. The quantitative estimate of drug-likeness (QED) is 0.889. The molecule has 0 bridgehead atoms. The van der Waals surface area contributed by atoms with Crippen LogP contribution in [0.25, 0.3) is 0 Å². The van der Waals surface area contributed by atoms with Gasteiger partial charge in [-0.3, -0.25) is 9.59 Å². The first-order chi connectivity index (χ1) is 10.5. The van der Waals surface area contributed by atoms with Gasteiger partial charge in [-0.2, -0.15) is 0 Å². The highest BCUT2D eigenvalue weighted by Gasteiger charge is 2.10. The van der Waals surface area contributed by atoms with E-state index in [0.29, 0.717) is 27.8 Å². The van der Waals surface area contributed by atoms with Gasteiger partial charge in [0, 0.05) is 24.2 Å². The molecule has 0 atom stereocenters. The lowest BCUT2D eigenvalue weighted by Gasteiger charge is -2.08. The van der Waals surface area contributed by atoms with Crippen molar-refractivity contribution >= 4 is 40.7 Å². The Labute approximate surface area is 138 Å². The van der Waals surface area contributed by atoms with Crippen LogP contribution in [0.4, 0.5) is 5.69 Å². The van der Waals surface area contributed by atoms with Crippen LogP contribution in [0.3, 0.4) is 0 Å². The number of halogens is 2. The third-order valence-corrected chi connectivity index (χ3v) is 3.47. The van der Waals surface area contributed by atoms with Gasteiger partial charge in [0.05, 0.1) is 10.6 Å². The number of nitrogens with one attached hydrogen (secondary N) is 2. The van der Waals surface area contributed by atoms with Crippen molar-refractivity contribution in [1.29, 1.82) is 0 Å². The van der Waals surface area contributed by atoms with Crippen molar-refractivity contribution in [2.75, 3.05) is 5.32 Å². The number of carbonyl (C=O) groups excluding carboxylic acids is 2. The molecule has 22 heavy (non-hydrogen) atoms. The Balaban J connectivity index is 1.99. The summed E-state index contributed by atoms with van der Waals surface area (Å²) in [4.78, 5) is 23.0. The summed E-state index contributed by atoms with van der Waals surface area (Å²) in [7, 11) is 0. The van der Waals surface area contributed by atoms with Crippen LogP contribution < -0.4 is 10.6 Å². The fourth-order valence-corrected chi connectivity index (χ4v) is 2.23. The third kappa shape index (κ3) is 4.48. The molecule has 6 heteroatoms. The highest BCUT2D eigenvalue weighted by Crippen LogP contribution is 2.20. The normalized spacial score (nSPS) is 10.1. The first kappa shape index (κ1) is 16.3. The summed E-state index contributed by atoms with van der Waals surface area (Å²) in [5, 5.41) is 6.26. The van der Waals surface area contributed by atoms with E-state index >= 15 is 0 Å². The lowest BCUT2D eigenvalue weighted by atomic mass is 10.1. The number of hydrogen-bond donors (Lipinski definition) is 2. The Morgan fingerprint density at radius 3 is 2.36 bits per heavy atom. The monoisotopic (exact) mass is 336 g/mol. The number of rotatable bonds is 4. The summed E-state index contributed by atoms with van der Waals surface area (Å²) in [6.45, 7) is 1.80. The fraction of sp³-hybridized carbons (Fsp3) is 0.125. The molecule has 0 saturated carbocycles. The first-order valence-corrected chi connectivity index (χ1v) is 7.31. The molecule has 2 amide bonds. The maximum absolute atomic E-state index is 12.1. The molecule has 0 unspecified atom stereocenters. The predicted octanol–water partition coefficient (Wildman–Crippen LogP) is 3.88. The molecule has 0 spiro atoms. The van der Waals surface area contributed by atoms with Gasteiger partial charge in [-0.15, -0.1) is 0 Å². The molecule has 2 aromatic carbocycles. The van der Waals surface area contributed by atoms with Crippen LogP contribution in [0.15, 0.2) is 42.5 Å². The molecule has 114 valence electrons. The molecule has 4 nitrogen and oxygen atoms in total. The third-order valence-electron chi connectivity index (χ3n) is 2.90. The van der Waals surface area contributed by atoms with E-state index in [0.717, 1.165) is 5.56 Å². The number of hydrogen-bond acceptors (Lipinski definition) is 2. The standard InChI is InChI=1S/C16H14Cl2N2O2/c1-10(21)20-13-5-2-11(3-6-13)9-19-16(22)14-8-12(17)4-7-15(14)18/h2-8H,9H2,1H3,(H,19,22)(H,20,21). The fourth-order valence-electron chi connectivity index (χ4n) is 1.86. The second kappa shape index (κ2) is 7.29. The van der Waals surface area contributed by atoms with E-state index in [4.69, 9.17) is 23.2 Å². The molecule has 2 aromatic rings. The van der Waals surface area contributed by atoms with Crippen LogP contribution in [0, 0.1) is 0 Å². The zero-order chi connectivity index (χ0) is 16.1. The molecule has 0 aromatic heterocycles. The van der Waals surface area contributed by atoms with Gasteiger partial charge in [-0.05, 0) is 35.9 Å². The highest BCUT2D eigenvalue weighted by molar-refractivity contribution is 6.35. The van der Waals surface area contributed by atoms with Crippen molar-refractivity contribution in [2.24, 2.45) is 0 Å². The summed E-state index contributed by atoms with van der Waals surface area (Å²) < 4.78 is 0. The van der Waals surface area contributed by atoms with Crippen LogP contribution in [0.5, 0.6) is 0 Å². The minimum Gasteiger partial charge on any atom is -0.348 e. The van der Waals surface area contributed by atoms with E-state index in [1.165, 1.54) is 13.0 Å².